The Bertz CT molecular complexity index is 126. The predicted octanol–water partition coefficient (Wildman–Crippen LogP) is 3.54. The summed E-state index contributed by atoms with van der Waals surface area (Å²) < 4.78 is 0. The van der Waals surface area contributed by atoms with Gasteiger partial charge in [0.05, 0.1) is 8.80 Å². The summed E-state index contributed by atoms with van der Waals surface area (Å²) in [6.45, 7) is 13.9. The van der Waals surface area contributed by atoms with Crippen molar-refractivity contribution in [2.24, 2.45) is 0 Å². The number of rotatable bonds is 3. The van der Waals surface area contributed by atoms with Gasteiger partial charge in [0.15, 0.2) is 0 Å². The van der Waals surface area contributed by atoms with E-state index in [4.69, 9.17) is 0 Å². The Morgan fingerprint density at radius 2 is 1.45 bits per heavy atom. The molecule has 0 radical (unpaired) electrons. The highest BCUT2D eigenvalue weighted by Gasteiger charge is 2.19. The topological polar surface area (TPSA) is 0 Å². The maximum atomic E-state index is 2.36. The molecule has 0 heterocycles. The van der Waals surface area contributed by atoms with Gasteiger partial charge >= 0.3 is 0 Å². The second-order valence-electron chi connectivity index (χ2n) is 4.05. The van der Waals surface area contributed by atoms with Gasteiger partial charge < -0.3 is 0 Å². The molecule has 0 atom stereocenters. The van der Waals surface area contributed by atoms with Crippen molar-refractivity contribution in [2.75, 3.05) is 0 Å². The molecule has 1 heteroatoms. The molecule has 0 amide bonds. The van der Waals surface area contributed by atoms with Crippen molar-refractivity contribution in [3.05, 3.63) is 11.3 Å². The molecule has 0 aliphatic rings. The zero-order valence-electron chi connectivity index (χ0n) is 8.81. The molecule has 0 aromatic heterocycles. The van der Waals surface area contributed by atoms with Crippen LogP contribution in [0.1, 0.15) is 41.5 Å². The van der Waals surface area contributed by atoms with Crippen LogP contribution in [0.3, 0.4) is 0 Å². The van der Waals surface area contributed by atoms with Crippen LogP contribution >= 0.6 is 0 Å². The number of allylic oxidation sites excluding steroid dienone is 2. The lowest BCUT2D eigenvalue weighted by Crippen LogP contribution is -2.22. The van der Waals surface area contributed by atoms with Crippen LogP contribution in [0.4, 0.5) is 0 Å². The Kier molecular flexibility index (Phi) is 4.74. The van der Waals surface area contributed by atoms with Gasteiger partial charge in [-0.15, -0.1) is 0 Å². The summed E-state index contributed by atoms with van der Waals surface area (Å²) in [7, 11) is -0.613. The molecule has 0 aromatic carbocycles. The van der Waals surface area contributed by atoms with Crippen LogP contribution in [0.2, 0.25) is 11.1 Å². The second kappa shape index (κ2) is 4.76. The van der Waals surface area contributed by atoms with Gasteiger partial charge in [0.1, 0.15) is 0 Å². The first-order valence-electron chi connectivity index (χ1n) is 4.63. The average molecular weight is 170 g/mol. The summed E-state index contributed by atoms with van der Waals surface area (Å²) in [6, 6.07) is 0. The van der Waals surface area contributed by atoms with Crippen LogP contribution in [0, 0.1) is 0 Å². The van der Waals surface area contributed by atoms with Crippen molar-refractivity contribution in [1.29, 1.82) is 0 Å². The van der Waals surface area contributed by atoms with Crippen molar-refractivity contribution in [1.82, 2.24) is 0 Å². The van der Waals surface area contributed by atoms with Crippen LogP contribution in [0.25, 0.3) is 0 Å². The Balaban J connectivity index is 4.35. The molecular weight excluding hydrogens is 148 g/mol. The standard InChI is InChI=1S/C10H22Si/c1-7-10(6)11(8(2)3)9(4)5/h7-9,11H,1-6H3/b10-7-. The van der Waals surface area contributed by atoms with E-state index in [9.17, 15) is 0 Å². The highest BCUT2D eigenvalue weighted by Crippen LogP contribution is 2.25. The summed E-state index contributed by atoms with van der Waals surface area (Å²) in [5.74, 6) is 0. The number of hydrogen-bond acceptors (Lipinski definition) is 0. The normalized spacial score (nSPS) is 13.7. The highest BCUT2D eigenvalue weighted by atomic mass is 28.3. The Labute approximate surface area is 73.3 Å². The lowest BCUT2D eigenvalue weighted by Gasteiger charge is -2.23. The van der Waals surface area contributed by atoms with Crippen molar-refractivity contribution in [3.8, 4) is 0 Å². The molecule has 0 saturated carbocycles. The lowest BCUT2D eigenvalue weighted by molar-refractivity contribution is 0.941. The fourth-order valence-electron chi connectivity index (χ4n) is 2.01. The monoisotopic (exact) mass is 170 g/mol. The molecular formula is C10H22Si. The van der Waals surface area contributed by atoms with E-state index in [1.54, 1.807) is 5.20 Å². The zero-order valence-corrected chi connectivity index (χ0v) is 9.96. The van der Waals surface area contributed by atoms with E-state index >= 15 is 0 Å². The van der Waals surface area contributed by atoms with E-state index in [2.05, 4.69) is 47.6 Å². The molecule has 0 nitrogen and oxygen atoms in total. The molecule has 66 valence electrons. The third-order valence-electron chi connectivity index (χ3n) is 2.42. The minimum atomic E-state index is -0.613. The highest BCUT2D eigenvalue weighted by molar-refractivity contribution is 6.69. The van der Waals surface area contributed by atoms with Crippen LogP contribution < -0.4 is 0 Å². The summed E-state index contributed by atoms with van der Waals surface area (Å²) in [4.78, 5) is 0. The molecule has 0 rings (SSSR count). The molecule has 0 N–H and O–H groups in total. The first-order chi connectivity index (χ1) is 5.00. The first kappa shape index (κ1) is 11.0. The van der Waals surface area contributed by atoms with E-state index in [1.807, 2.05) is 0 Å². The summed E-state index contributed by atoms with van der Waals surface area (Å²) in [6.07, 6.45) is 2.30. The zero-order chi connectivity index (χ0) is 9.02. The third-order valence-corrected chi connectivity index (χ3v) is 6.68. The van der Waals surface area contributed by atoms with Crippen LogP contribution in [0.5, 0.6) is 0 Å². The van der Waals surface area contributed by atoms with Crippen molar-refractivity contribution in [3.63, 3.8) is 0 Å². The summed E-state index contributed by atoms with van der Waals surface area (Å²) in [5.41, 5.74) is 1.82. The Morgan fingerprint density at radius 1 is 1.09 bits per heavy atom. The molecule has 0 unspecified atom stereocenters. The predicted molar refractivity (Wildman–Crippen MR) is 56.8 cm³/mol. The summed E-state index contributed by atoms with van der Waals surface area (Å²) in [5, 5.41) is 1.68. The smallest absolute Gasteiger partial charge is 0.0699 e. The van der Waals surface area contributed by atoms with Gasteiger partial charge in [-0.05, 0) is 24.9 Å². The fraction of sp³-hybridized carbons (Fsp3) is 0.800. The molecule has 0 aliphatic carbocycles. The van der Waals surface area contributed by atoms with E-state index in [1.165, 1.54) is 0 Å². The van der Waals surface area contributed by atoms with Gasteiger partial charge in [0.25, 0.3) is 0 Å². The molecule has 0 aliphatic heterocycles. The van der Waals surface area contributed by atoms with Crippen molar-refractivity contribution < 1.29 is 0 Å². The largest absolute Gasteiger partial charge is 0.0929 e. The van der Waals surface area contributed by atoms with Crippen molar-refractivity contribution in [2.45, 2.75) is 52.6 Å². The molecule has 0 saturated heterocycles. The van der Waals surface area contributed by atoms with Crippen molar-refractivity contribution >= 4 is 8.80 Å². The lowest BCUT2D eigenvalue weighted by atomic mass is 10.5. The SMILES string of the molecule is C/C=C(/C)[SiH](C(C)C)C(C)C. The molecule has 0 bridgehead atoms. The van der Waals surface area contributed by atoms with Gasteiger partial charge in [-0.3, -0.25) is 0 Å². The maximum Gasteiger partial charge on any atom is 0.0699 e. The average Bonchev–Trinajstić information content (AvgIpc) is 1.85. The van der Waals surface area contributed by atoms with Crippen LogP contribution in [-0.4, -0.2) is 8.80 Å². The second-order valence-corrected chi connectivity index (χ2v) is 8.68. The van der Waals surface area contributed by atoms with E-state index in [0.717, 1.165) is 11.1 Å². The maximum absolute atomic E-state index is 2.36. The summed E-state index contributed by atoms with van der Waals surface area (Å²) >= 11 is 0. The van der Waals surface area contributed by atoms with E-state index < -0.39 is 8.80 Å². The van der Waals surface area contributed by atoms with E-state index in [0.29, 0.717) is 0 Å². The number of hydrogen-bond donors (Lipinski definition) is 0. The van der Waals surface area contributed by atoms with Gasteiger partial charge in [-0.2, -0.15) is 0 Å². The van der Waals surface area contributed by atoms with E-state index in [-0.39, 0.29) is 0 Å². The Morgan fingerprint density at radius 3 is 1.55 bits per heavy atom. The van der Waals surface area contributed by atoms with Crippen LogP contribution in [0.15, 0.2) is 11.3 Å². The quantitative estimate of drug-likeness (QED) is 0.568. The van der Waals surface area contributed by atoms with Gasteiger partial charge in [-0.25, -0.2) is 0 Å². The molecule has 0 spiro atoms. The Hall–Kier alpha value is -0.0431. The first-order valence-corrected chi connectivity index (χ1v) is 6.54. The van der Waals surface area contributed by atoms with Gasteiger partial charge in [-0.1, -0.05) is 39.0 Å². The van der Waals surface area contributed by atoms with Gasteiger partial charge in [0, 0.05) is 0 Å². The molecule has 0 aromatic rings. The van der Waals surface area contributed by atoms with Gasteiger partial charge in [0.2, 0.25) is 0 Å². The molecule has 0 fully saturated rings. The molecule has 11 heavy (non-hydrogen) atoms. The van der Waals surface area contributed by atoms with Crippen LogP contribution in [-0.2, 0) is 0 Å². The fourth-order valence-corrected chi connectivity index (χ4v) is 6.04. The third kappa shape index (κ3) is 3.24. The minimum Gasteiger partial charge on any atom is -0.0929 e. The minimum absolute atomic E-state index is 0.613.